The topological polar surface area (TPSA) is 57.4 Å². The molecule has 136 valence electrons. The van der Waals surface area contributed by atoms with Crippen LogP contribution in [-0.2, 0) is 5.75 Å². The van der Waals surface area contributed by atoms with E-state index in [1.54, 1.807) is 31.4 Å². The Bertz CT molecular complexity index is 866. The van der Waals surface area contributed by atoms with Crippen LogP contribution in [0.1, 0.15) is 5.56 Å². The zero-order valence-corrected chi connectivity index (χ0v) is 14.3. The van der Waals surface area contributed by atoms with Gasteiger partial charge in [0.05, 0.1) is 12.7 Å². The molecule has 0 spiro atoms. The highest BCUT2D eigenvalue weighted by atomic mass is 32.2. The van der Waals surface area contributed by atoms with E-state index in [1.165, 1.54) is 23.9 Å². The van der Waals surface area contributed by atoms with Crippen LogP contribution in [0.25, 0.3) is 11.5 Å². The van der Waals surface area contributed by atoms with Gasteiger partial charge in [-0.15, -0.1) is 23.4 Å². The van der Waals surface area contributed by atoms with Gasteiger partial charge in [-0.1, -0.05) is 36.0 Å². The molecule has 0 bridgehead atoms. The molecule has 0 amide bonds. The van der Waals surface area contributed by atoms with Crippen molar-refractivity contribution >= 4 is 11.8 Å². The minimum Gasteiger partial charge on any atom is -0.496 e. The number of hydrogen-bond acceptors (Lipinski definition) is 6. The highest BCUT2D eigenvalue weighted by molar-refractivity contribution is 7.98. The largest absolute Gasteiger partial charge is 0.573 e. The third-order valence-corrected chi connectivity index (χ3v) is 4.15. The van der Waals surface area contributed by atoms with Crippen molar-refractivity contribution in [2.24, 2.45) is 0 Å². The number of benzene rings is 2. The summed E-state index contributed by atoms with van der Waals surface area (Å²) >= 11 is 1.28. The quantitative estimate of drug-likeness (QED) is 0.563. The number of methoxy groups -OCH3 is 1. The van der Waals surface area contributed by atoms with Crippen LogP contribution in [0.15, 0.2) is 58.2 Å². The van der Waals surface area contributed by atoms with Crippen molar-refractivity contribution in [3.8, 4) is 23.0 Å². The van der Waals surface area contributed by atoms with Gasteiger partial charge in [-0.3, -0.25) is 0 Å². The predicted octanol–water partition coefficient (Wildman–Crippen LogP) is 4.94. The zero-order chi connectivity index (χ0) is 18.6. The molecule has 5 nitrogen and oxygen atoms in total. The van der Waals surface area contributed by atoms with Crippen LogP contribution in [0.4, 0.5) is 13.2 Å². The maximum atomic E-state index is 12.1. The molecule has 1 heterocycles. The molecule has 3 aromatic rings. The number of thioether (sulfide) groups is 1. The van der Waals surface area contributed by atoms with Crippen LogP contribution in [0.5, 0.6) is 11.5 Å². The Balaban J connectivity index is 1.63. The fourth-order valence-corrected chi connectivity index (χ4v) is 2.85. The standard InChI is InChI=1S/C17H13F3N2O3S/c1-23-14-5-3-2-4-13(14)15-21-22-16(24-15)26-10-11-6-8-12(9-7-11)25-17(18,19)20/h2-9H,10H2,1H3. The first-order valence-corrected chi connectivity index (χ1v) is 8.37. The minimum absolute atomic E-state index is 0.262. The number of halogens is 3. The number of nitrogens with zero attached hydrogens (tertiary/aromatic N) is 2. The van der Waals surface area contributed by atoms with Crippen molar-refractivity contribution in [3.63, 3.8) is 0 Å². The van der Waals surface area contributed by atoms with E-state index in [0.29, 0.717) is 28.2 Å². The van der Waals surface area contributed by atoms with E-state index in [1.807, 2.05) is 12.1 Å². The Kier molecular flexibility index (Phi) is 5.36. The molecule has 26 heavy (non-hydrogen) atoms. The van der Waals surface area contributed by atoms with Gasteiger partial charge in [-0.25, -0.2) is 0 Å². The normalized spacial score (nSPS) is 11.4. The van der Waals surface area contributed by atoms with Crippen molar-refractivity contribution < 1.29 is 27.1 Å². The number of para-hydroxylation sites is 1. The third-order valence-electron chi connectivity index (χ3n) is 3.26. The van der Waals surface area contributed by atoms with E-state index in [-0.39, 0.29) is 5.75 Å². The fourth-order valence-electron chi connectivity index (χ4n) is 2.13. The minimum atomic E-state index is -4.70. The van der Waals surface area contributed by atoms with E-state index in [4.69, 9.17) is 9.15 Å². The third kappa shape index (κ3) is 4.69. The van der Waals surface area contributed by atoms with E-state index < -0.39 is 6.36 Å². The summed E-state index contributed by atoms with van der Waals surface area (Å²) in [7, 11) is 1.55. The summed E-state index contributed by atoms with van der Waals surface area (Å²) in [6.45, 7) is 0. The molecule has 0 atom stereocenters. The second kappa shape index (κ2) is 7.69. The van der Waals surface area contributed by atoms with Crippen molar-refractivity contribution in [2.75, 3.05) is 7.11 Å². The summed E-state index contributed by atoms with van der Waals surface area (Å²) in [6.07, 6.45) is -4.70. The molecule has 0 aliphatic carbocycles. The second-order valence-electron chi connectivity index (χ2n) is 5.05. The van der Waals surface area contributed by atoms with Crippen molar-refractivity contribution in [3.05, 3.63) is 54.1 Å². The lowest BCUT2D eigenvalue weighted by Gasteiger charge is -2.08. The number of hydrogen-bond donors (Lipinski definition) is 0. The van der Waals surface area contributed by atoms with Gasteiger partial charge < -0.3 is 13.9 Å². The highest BCUT2D eigenvalue weighted by Crippen LogP contribution is 2.31. The summed E-state index contributed by atoms with van der Waals surface area (Å²) in [5.41, 5.74) is 1.48. The van der Waals surface area contributed by atoms with Gasteiger partial charge in [0.25, 0.3) is 11.1 Å². The molecule has 0 radical (unpaired) electrons. The summed E-state index contributed by atoms with van der Waals surface area (Å²) in [5.74, 6) is 1.15. The molecule has 9 heteroatoms. The fraction of sp³-hybridized carbons (Fsp3) is 0.176. The first-order chi connectivity index (χ1) is 12.4. The molecule has 0 saturated carbocycles. The summed E-state index contributed by atoms with van der Waals surface area (Å²) in [6, 6.07) is 12.9. The average molecular weight is 382 g/mol. The highest BCUT2D eigenvalue weighted by Gasteiger charge is 2.30. The van der Waals surface area contributed by atoms with Crippen LogP contribution < -0.4 is 9.47 Å². The molecule has 2 aromatic carbocycles. The molecule has 0 saturated heterocycles. The molecule has 1 aromatic heterocycles. The molecule has 0 aliphatic heterocycles. The molecular weight excluding hydrogens is 369 g/mol. The van der Waals surface area contributed by atoms with Crippen LogP contribution >= 0.6 is 11.8 Å². The maximum Gasteiger partial charge on any atom is 0.573 e. The monoisotopic (exact) mass is 382 g/mol. The van der Waals surface area contributed by atoms with Gasteiger partial charge in [0, 0.05) is 5.75 Å². The molecule has 0 fully saturated rings. The Morgan fingerprint density at radius 3 is 2.46 bits per heavy atom. The predicted molar refractivity (Wildman–Crippen MR) is 89.0 cm³/mol. The van der Waals surface area contributed by atoms with Crippen LogP contribution in [0.2, 0.25) is 0 Å². The van der Waals surface area contributed by atoms with Gasteiger partial charge in [0.1, 0.15) is 11.5 Å². The smallest absolute Gasteiger partial charge is 0.496 e. The maximum absolute atomic E-state index is 12.1. The van der Waals surface area contributed by atoms with Gasteiger partial charge in [-0.05, 0) is 29.8 Å². The van der Waals surface area contributed by atoms with Crippen LogP contribution in [0.3, 0.4) is 0 Å². The second-order valence-corrected chi connectivity index (χ2v) is 5.98. The van der Waals surface area contributed by atoms with Gasteiger partial charge in [0.2, 0.25) is 0 Å². The zero-order valence-electron chi connectivity index (χ0n) is 13.5. The molecule has 0 N–H and O–H groups in total. The molecule has 0 aliphatic rings. The Hall–Kier alpha value is -2.68. The van der Waals surface area contributed by atoms with Crippen molar-refractivity contribution in [1.29, 1.82) is 0 Å². The van der Waals surface area contributed by atoms with E-state index in [9.17, 15) is 13.2 Å². The lowest BCUT2D eigenvalue weighted by molar-refractivity contribution is -0.274. The first kappa shape index (κ1) is 18.1. The Labute approximate surface area is 151 Å². The Morgan fingerprint density at radius 1 is 1.04 bits per heavy atom. The van der Waals surface area contributed by atoms with E-state index >= 15 is 0 Å². The molecule has 0 unspecified atom stereocenters. The lowest BCUT2D eigenvalue weighted by atomic mass is 10.2. The average Bonchev–Trinajstić information content (AvgIpc) is 3.08. The van der Waals surface area contributed by atoms with Gasteiger partial charge in [-0.2, -0.15) is 0 Å². The molecular formula is C17H13F3N2O3S. The summed E-state index contributed by atoms with van der Waals surface area (Å²) < 4.78 is 51.1. The Morgan fingerprint density at radius 2 is 1.77 bits per heavy atom. The first-order valence-electron chi connectivity index (χ1n) is 7.39. The number of ether oxygens (including phenoxy) is 2. The number of rotatable bonds is 6. The van der Waals surface area contributed by atoms with E-state index in [2.05, 4.69) is 14.9 Å². The van der Waals surface area contributed by atoms with Gasteiger partial charge >= 0.3 is 6.36 Å². The van der Waals surface area contributed by atoms with E-state index in [0.717, 1.165) is 5.56 Å². The van der Waals surface area contributed by atoms with Gasteiger partial charge in [0.15, 0.2) is 0 Å². The number of alkyl halides is 3. The number of aromatic nitrogens is 2. The van der Waals surface area contributed by atoms with Crippen LogP contribution in [0, 0.1) is 0 Å². The lowest BCUT2D eigenvalue weighted by Crippen LogP contribution is -2.16. The van der Waals surface area contributed by atoms with Crippen molar-refractivity contribution in [1.82, 2.24) is 10.2 Å². The molecule has 3 rings (SSSR count). The van der Waals surface area contributed by atoms with Crippen LogP contribution in [-0.4, -0.2) is 23.7 Å². The summed E-state index contributed by atoms with van der Waals surface area (Å²) in [4.78, 5) is 0. The van der Waals surface area contributed by atoms with Crippen molar-refractivity contribution in [2.45, 2.75) is 17.3 Å². The summed E-state index contributed by atoms with van der Waals surface area (Å²) in [5, 5.41) is 8.31. The SMILES string of the molecule is COc1ccccc1-c1nnc(SCc2ccc(OC(F)(F)F)cc2)o1.